The number of fused-ring (bicyclic) bond motifs is 4. The minimum Gasteiger partial charge on any atom is -0.420 e. The van der Waals surface area contributed by atoms with E-state index in [1.54, 1.807) is 0 Å². The van der Waals surface area contributed by atoms with E-state index < -0.39 is 59.8 Å². The second-order valence-corrected chi connectivity index (χ2v) is 10.1. The van der Waals surface area contributed by atoms with Gasteiger partial charge in [-0.05, 0) is 25.7 Å². The van der Waals surface area contributed by atoms with E-state index in [4.69, 9.17) is 27.6 Å². The summed E-state index contributed by atoms with van der Waals surface area (Å²) in [7, 11) is -4.87. The molecule has 4 atom stereocenters. The number of aliphatic hydroxyl groups is 2. The maximum absolute atomic E-state index is 13.0. The number of hydrogen-bond donors (Lipinski definition) is 2. The van der Waals surface area contributed by atoms with Crippen molar-refractivity contribution >= 4 is 22.5 Å². The zero-order chi connectivity index (χ0) is 25.9. The van der Waals surface area contributed by atoms with E-state index >= 15 is 0 Å². The molecule has 0 spiro atoms. The standard InChI is InChI=1S/C18H22N8O10S/c27-7-13-19-21-15(33-13)11-3-1-9-5-23(11)17(29)25(9)35-37(31,32)36-26-10-2-4-12(24(6-10)18(26)30)16-22-20-14(8-28)34-16/h9-12,27-28H,1-8H2/t9-,10-,11+,12+/m1/s1. The first-order valence-electron chi connectivity index (χ1n) is 11.5. The Morgan fingerprint density at radius 3 is 1.57 bits per heavy atom. The second kappa shape index (κ2) is 8.87. The van der Waals surface area contributed by atoms with Crippen molar-refractivity contribution in [1.82, 2.24) is 40.3 Å². The highest BCUT2D eigenvalue weighted by Gasteiger charge is 2.52. The van der Waals surface area contributed by atoms with Gasteiger partial charge in [0.15, 0.2) is 0 Å². The molecule has 19 heteroatoms. The molecule has 6 heterocycles. The number of hydroxylamine groups is 4. The summed E-state index contributed by atoms with van der Waals surface area (Å²) in [6.07, 6.45) is 1.56. The Kier molecular flexibility index (Phi) is 5.75. The van der Waals surface area contributed by atoms with Crippen LogP contribution in [0.15, 0.2) is 8.83 Å². The fraction of sp³-hybridized carbons (Fsp3) is 0.667. The molecule has 4 aliphatic heterocycles. The van der Waals surface area contributed by atoms with Crippen LogP contribution in [-0.2, 0) is 32.2 Å². The Labute approximate surface area is 208 Å². The molecular weight excluding hydrogens is 520 g/mol. The third kappa shape index (κ3) is 4.07. The lowest BCUT2D eigenvalue weighted by Gasteiger charge is -2.27. The molecule has 4 aliphatic rings. The highest BCUT2D eigenvalue weighted by Crippen LogP contribution is 2.40. The van der Waals surface area contributed by atoms with Crippen LogP contribution < -0.4 is 0 Å². The molecular formula is C18H22N8O10S. The molecule has 200 valence electrons. The monoisotopic (exact) mass is 542 g/mol. The Morgan fingerprint density at radius 1 is 0.757 bits per heavy atom. The molecule has 4 amide bonds. The van der Waals surface area contributed by atoms with E-state index in [1.165, 1.54) is 9.80 Å². The van der Waals surface area contributed by atoms with Crippen molar-refractivity contribution in [3.63, 3.8) is 0 Å². The number of nitrogens with zero attached hydrogens (tertiary/aromatic N) is 8. The second-order valence-electron chi connectivity index (χ2n) is 8.96. The van der Waals surface area contributed by atoms with E-state index in [0.717, 1.165) is 0 Å². The number of carbonyl (C=O) groups excluding carboxylic acids is 2. The van der Waals surface area contributed by atoms with Crippen LogP contribution in [0.3, 0.4) is 0 Å². The smallest absolute Gasteiger partial charge is 0.420 e. The van der Waals surface area contributed by atoms with Crippen LogP contribution in [-0.4, -0.2) is 96.2 Å². The van der Waals surface area contributed by atoms with Gasteiger partial charge in [0.2, 0.25) is 23.6 Å². The molecule has 37 heavy (non-hydrogen) atoms. The third-order valence-electron chi connectivity index (χ3n) is 6.79. The van der Waals surface area contributed by atoms with Crippen LogP contribution in [0.2, 0.25) is 0 Å². The largest absolute Gasteiger partial charge is 0.442 e. The molecule has 4 fully saturated rings. The van der Waals surface area contributed by atoms with Gasteiger partial charge >= 0.3 is 22.5 Å². The van der Waals surface area contributed by atoms with Gasteiger partial charge in [0.25, 0.3) is 0 Å². The number of aromatic nitrogens is 4. The first-order chi connectivity index (χ1) is 17.8. The minimum absolute atomic E-state index is 0.000687. The van der Waals surface area contributed by atoms with Crippen LogP contribution in [0.25, 0.3) is 0 Å². The van der Waals surface area contributed by atoms with Gasteiger partial charge in [-0.3, -0.25) is 0 Å². The van der Waals surface area contributed by atoms with E-state index in [-0.39, 0.29) is 36.7 Å². The Hall–Kier alpha value is -3.39. The van der Waals surface area contributed by atoms with Crippen molar-refractivity contribution < 1.29 is 45.6 Å². The molecule has 18 nitrogen and oxygen atoms in total. The molecule has 6 rings (SSSR count). The first-order valence-corrected chi connectivity index (χ1v) is 12.8. The summed E-state index contributed by atoms with van der Waals surface area (Å²) in [5.41, 5.74) is 0. The number of aliphatic hydroxyl groups excluding tert-OH is 2. The van der Waals surface area contributed by atoms with Crippen molar-refractivity contribution in [3.05, 3.63) is 23.6 Å². The molecule has 2 aromatic heterocycles. The van der Waals surface area contributed by atoms with Crippen molar-refractivity contribution in [2.75, 3.05) is 13.1 Å². The lowest BCUT2D eigenvalue weighted by molar-refractivity contribution is -0.0841. The lowest BCUT2D eigenvalue weighted by Crippen LogP contribution is -2.41. The highest BCUT2D eigenvalue weighted by molar-refractivity contribution is 7.81. The highest BCUT2D eigenvalue weighted by atomic mass is 32.3. The lowest BCUT2D eigenvalue weighted by atomic mass is 10.0. The predicted molar refractivity (Wildman–Crippen MR) is 111 cm³/mol. The first kappa shape index (κ1) is 24.0. The van der Waals surface area contributed by atoms with Gasteiger partial charge in [0.1, 0.15) is 25.3 Å². The summed E-state index contributed by atoms with van der Waals surface area (Å²) in [5.74, 6) is 0.254. The Bertz CT molecular complexity index is 1220. The van der Waals surface area contributed by atoms with E-state index in [9.17, 15) is 18.0 Å². The molecule has 0 radical (unpaired) electrons. The fourth-order valence-corrected chi connectivity index (χ4v) is 5.91. The number of rotatable bonds is 8. The average Bonchev–Trinajstić information content (AvgIpc) is 3.66. The quantitative estimate of drug-likeness (QED) is 0.414. The van der Waals surface area contributed by atoms with Gasteiger partial charge in [-0.2, -0.15) is 18.5 Å². The number of piperidine rings is 2. The Morgan fingerprint density at radius 2 is 1.19 bits per heavy atom. The van der Waals surface area contributed by atoms with Gasteiger partial charge < -0.3 is 28.8 Å². The molecule has 0 saturated carbocycles. The van der Waals surface area contributed by atoms with Crippen molar-refractivity contribution in [2.24, 2.45) is 0 Å². The molecule has 2 N–H and O–H groups in total. The van der Waals surface area contributed by atoms with Crippen LogP contribution >= 0.6 is 0 Å². The molecule has 0 unspecified atom stereocenters. The summed E-state index contributed by atoms with van der Waals surface area (Å²) < 4.78 is 46.3. The molecule has 0 aromatic carbocycles. The molecule has 2 aromatic rings. The summed E-state index contributed by atoms with van der Waals surface area (Å²) in [4.78, 5) is 28.6. The summed E-state index contributed by atoms with van der Waals surface area (Å²) in [6, 6.07) is -3.85. The zero-order valence-electron chi connectivity index (χ0n) is 19.1. The Balaban J connectivity index is 1.13. The average molecular weight is 542 g/mol. The summed E-state index contributed by atoms with van der Waals surface area (Å²) in [6.45, 7) is -0.602. The van der Waals surface area contributed by atoms with Crippen molar-refractivity contribution in [1.29, 1.82) is 0 Å². The molecule has 4 bridgehead atoms. The van der Waals surface area contributed by atoms with Crippen LogP contribution in [0, 0.1) is 0 Å². The normalized spacial score (nSPS) is 27.6. The number of carbonyl (C=O) groups is 2. The van der Waals surface area contributed by atoms with Crippen LogP contribution in [0.5, 0.6) is 0 Å². The topological polar surface area (TPSA) is 218 Å². The predicted octanol–water partition coefficient (Wildman–Crippen LogP) is -0.872. The van der Waals surface area contributed by atoms with Crippen LogP contribution in [0.1, 0.15) is 61.3 Å². The van der Waals surface area contributed by atoms with Gasteiger partial charge in [-0.15, -0.1) is 29.0 Å². The van der Waals surface area contributed by atoms with Crippen molar-refractivity contribution in [3.8, 4) is 0 Å². The zero-order valence-corrected chi connectivity index (χ0v) is 19.9. The van der Waals surface area contributed by atoms with Crippen LogP contribution in [0.4, 0.5) is 9.59 Å². The summed E-state index contributed by atoms with van der Waals surface area (Å²) >= 11 is 0. The number of urea groups is 2. The van der Waals surface area contributed by atoms with E-state index in [2.05, 4.69) is 20.4 Å². The van der Waals surface area contributed by atoms with Crippen molar-refractivity contribution in [2.45, 2.75) is 63.1 Å². The number of amides is 4. The molecule has 0 aliphatic carbocycles. The molecule has 4 saturated heterocycles. The van der Waals surface area contributed by atoms with Gasteiger partial charge in [-0.1, -0.05) is 0 Å². The SMILES string of the molecule is O=C1N2C[C@@H](CC[C@H]2c2nnc(CO)o2)N1OS(=O)(=O)ON1C(=O)N2C[C@H]1CC[C@H]2c1nnc(CO)o1. The maximum atomic E-state index is 13.0. The summed E-state index contributed by atoms with van der Waals surface area (Å²) in [5, 5.41) is 34.8. The van der Waals surface area contributed by atoms with Gasteiger partial charge in [0.05, 0.1) is 12.1 Å². The van der Waals surface area contributed by atoms with Gasteiger partial charge in [-0.25, -0.2) is 9.59 Å². The van der Waals surface area contributed by atoms with Gasteiger partial charge in [0, 0.05) is 13.1 Å². The van der Waals surface area contributed by atoms with E-state index in [0.29, 0.717) is 35.8 Å². The minimum atomic E-state index is -4.87. The van der Waals surface area contributed by atoms with E-state index in [1.807, 2.05) is 0 Å². The fourth-order valence-electron chi connectivity index (χ4n) is 5.11. The maximum Gasteiger partial charge on any atom is 0.442 e. The third-order valence-corrected chi connectivity index (χ3v) is 7.48. The number of hydrogen-bond acceptors (Lipinski definition) is 14.